The van der Waals surface area contributed by atoms with E-state index >= 15 is 0 Å². The van der Waals surface area contributed by atoms with Gasteiger partial charge in [0.25, 0.3) is 0 Å². The van der Waals surface area contributed by atoms with Gasteiger partial charge in [-0.15, -0.1) is 0 Å². The van der Waals surface area contributed by atoms with Crippen LogP contribution in [0.4, 0.5) is 5.88 Å². The first-order valence-corrected chi connectivity index (χ1v) is 6.37. The lowest BCUT2D eigenvalue weighted by molar-refractivity contribution is -0.120. The molecule has 5 nitrogen and oxygen atoms in total. The second-order valence-corrected chi connectivity index (χ2v) is 4.83. The maximum absolute atomic E-state index is 12.2. The van der Waals surface area contributed by atoms with Crippen LogP contribution in [-0.2, 0) is 4.79 Å². The summed E-state index contributed by atoms with van der Waals surface area (Å²) in [7, 11) is 3.83. The standard InChI is InChI=1S/C13H23N3O2/c1-6-7-8-11(16(4)5)12(17)14-13-9(2)10(3)15-18-13/h11H,6-8H2,1-5H3,(H,14,17). The van der Waals surface area contributed by atoms with E-state index in [2.05, 4.69) is 17.4 Å². The Morgan fingerprint density at radius 1 is 1.44 bits per heavy atom. The summed E-state index contributed by atoms with van der Waals surface area (Å²) in [4.78, 5) is 14.1. The molecule has 1 rings (SSSR count). The van der Waals surface area contributed by atoms with Gasteiger partial charge in [0, 0.05) is 5.56 Å². The van der Waals surface area contributed by atoms with Gasteiger partial charge in [-0.1, -0.05) is 24.9 Å². The number of hydrogen-bond acceptors (Lipinski definition) is 4. The second-order valence-electron chi connectivity index (χ2n) is 4.83. The van der Waals surface area contributed by atoms with Crippen molar-refractivity contribution in [1.82, 2.24) is 10.1 Å². The Morgan fingerprint density at radius 3 is 2.56 bits per heavy atom. The summed E-state index contributed by atoms with van der Waals surface area (Å²) in [5.41, 5.74) is 1.69. The molecule has 0 saturated carbocycles. The van der Waals surface area contributed by atoms with Crippen molar-refractivity contribution < 1.29 is 9.32 Å². The summed E-state index contributed by atoms with van der Waals surface area (Å²) in [6.07, 6.45) is 2.96. The number of carbonyl (C=O) groups excluding carboxylic acids is 1. The van der Waals surface area contributed by atoms with Crippen LogP contribution in [0.1, 0.15) is 37.4 Å². The molecule has 1 N–H and O–H groups in total. The van der Waals surface area contributed by atoms with Gasteiger partial charge in [0.05, 0.1) is 11.7 Å². The molecule has 1 amide bonds. The minimum atomic E-state index is -0.130. The van der Waals surface area contributed by atoms with Crippen LogP contribution in [0, 0.1) is 13.8 Å². The maximum atomic E-state index is 12.2. The number of amides is 1. The van der Waals surface area contributed by atoms with Gasteiger partial charge < -0.3 is 4.52 Å². The quantitative estimate of drug-likeness (QED) is 0.845. The molecule has 0 aromatic carbocycles. The van der Waals surface area contributed by atoms with E-state index in [0.29, 0.717) is 5.88 Å². The van der Waals surface area contributed by atoms with E-state index in [-0.39, 0.29) is 11.9 Å². The molecule has 1 atom stereocenters. The van der Waals surface area contributed by atoms with Crippen molar-refractivity contribution in [3.05, 3.63) is 11.3 Å². The Morgan fingerprint density at radius 2 is 2.11 bits per heavy atom. The largest absolute Gasteiger partial charge is 0.338 e. The molecule has 0 radical (unpaired) electrons. The van der Waals surface area contributed by atoms with E-state index in [1.54, 1.807) is 0 Å². The van der Waals surface area contributed by atoms with Crippen LogP contribution >= 0.6 is 0 Å². The second kappa shape index (κ2) is 6.54. The lowest BCUT2D eigenvalue weighted by Gasteiger charge is -2.22. The average Bonchev–Trinajstić information content (AvgIpc) is 2.61. The molecule has 1 heterocycles. The van der Waals surface area contributed by atoms with Gasteiger partial charge >= 0.3 is 0 Å². The van der Waals surface area contributed by atoms with Crippen LogP contribution in [0.15, 0.2) is 4.52 Å². The van der Waals surface area contributed by atoms with Crippen LogP contribution in [0.2, 0.25) is 0 Å². The predicted molar refractivity (Wildman–Crippen MR) is 71.6 cm³/mol. The van der Waals surface area contributed by atoms with Crippen molar-refractivity contribution in [1.29, 1.82) is 0 Å². The molecule has 1 aromatic heterocycles. The molecule has 0 aliphatic carbocycles. The average molecular weight is 253 g/mol. The molecule has 1 aromatic rings. The van der Waals surface area contributed by atoms with Crippen molar-refractivity contribution >= 4 is 11.8 Å². The highest BCUT2D eigenvalue weighted by Gasteiger charge is 2.22. The minimum Gasteiger partial charge on any atom is -0.338 e. The number of aryl methyl sites for hydroxylation is 1. The van der Waals surface area contributed by atoms with Gasteiger partial charge in [-0.25, -0.2) is 0 Å². The van der Waals surface area contributed by atoms with Gasteiger partial charge in [-0.3, -0.25) is 15.0 Å². The maximum Gasteiger partial charge on any atom is 0.244 e. The number of anilines is 1. The summed E-state index contributed by atoms with van der Waals surface area (Å²) in [5, 5.41) is 6.64. The van der Waals surface area contributed by atoms with E-state index < -0.39 is 0 Å². The molecular weight excluding hydrogens is 230 g/mol. The van der Waals surface area contributed by atoms with Crippen molar-refractivity contribution in [2.75, 3.05) is 19.4 Å². The molecule has 0 aliphatic rings. The zero-order valence-electron chi connectivity index (χ0n) is 11.9. The summed E-state index contributed by atoms with van der Waals surface area (Å²) in [6.45, 7) is 5.86. The smallest absolute Gasteiger partial charge is 0.244 e. The third-order valence-electron chi connectivity index (χ3n) is 3.15. The fourth-order valence-electron chi connectivity index (χ4n) is 1.75. The molecule has 0 fully saturated rings. The van der Waals surface area contributed by atoms with Crippen LogP contribution in [0.3, 0.4) is 0 Å². The topological polar surface area (TPSA) is 58.4 Å². The molecular formula is C13H23N3O2. The predicted octanol–water partition coefficient (Wildman–Crippen LogP) is 2.35. The molecule has 0 saturated heterocycles. The van der Waals surface area contributed by atoms with Gasteiger partial charge in [-0.2, -0.15) is 0 Å². The summed E-state index contributed by atoms with van der Waals surface area (Å²) < 4.78 is 5.10. The minimum absolute atomic E-state index is 0.0345. The summed E-state index contributed by atoms with van der Waals surface area (Å²) in [6, 6.07) is -0.130. The van der Waals surface area contributed by atoms with E-state index in [1.165, 1.54) is 0 Å². The SMILES string of the molecule is CCCCC(C(=O)Nc1onc(C)c1C)N(C)C. The fraction of sp³-hybridized carbons (Fsp3) is 0.692. The lowest BCUT2D eigenvalue weighted by Crippen LogP contribution is -2.39. The first-order valence-electron chi connectivity index (χ1n) is 6.37. The Bertz CT molecular complexity index is 399. The Hall–Kier alpha value is -1.36. The van der Waals surface area contributed by atoms with E-state index in [4.69, 9.17) is 4.52 Å². The molecule has 0 bridgehead atoms. The van der Waals surface area contributed by atoms with E-state index in [9.17, 15) is 4.79 Å². The molecule has 0 aliphatic heterocycles. The highest BCUT2D eigenvalue weighted by atomic mass is 16.5. The van der Waals surface area contributed by atoms with Crippen LogP contribution in [0.5, 0.6) is 0 Å². The van der Waals surface area contributed by atoms with E-state index in [1.807, 2.05) is 32.8 Å². The third kappa shape index (κ3) is 3.57. The number of carbonyl (C=O) groups is 1. The van der Waals surface area contributed by atoms with Gasteiger partial charge in [0.2, 0.25) is 11.8 Å². The molecule has 1 unspecified atom stereocenters. The Labute approximate surface area is 109 Å². The summed E-state index contributed by atoms with van der Waals surface area (Å²) >= 11 is 0. The van der Waals surface area contributed by atoms with Crippen LogP contribution < -0.4 is 5.32 Å². The Balaban J connectivity index is 2.69. The van der Waals surface area contributed by atoms with Crippen molar-refractivity contribution in [2.24, 2.45) is 0 Å². The molecule has 0 spiro atoms. The number of nitrogens with zero attached hydrogens (tertiary/aromatic N) is 2. The van der Waals surface area contributed by atoms with E-state index in [0.717, 1.165) is 30.5 Å². The molecule has 102 valence electrons. The van der Waals surface area contributed by atoms with Crippen molar-refractivity contribution in [3.63, 3.8) is 0 Å². The first-order chi connectivity index (χ1) is 8.47. The molecule has 5 heteroatoms. The fourth-order valence-corrected chi connectivity index (χ4v) is 1.75. The number of nitrogens with one attached hydrogen (secondary N) is 1. The number of hydrogen-bond donors (Lipinski definition) is 1. The number of rotatable bonds is 6. The third-order valence-corrected chi connectivity index (χ3v) is 3.15. The number of aromatic nitrogens is 1. The zero-order valence-corrected chi connectivity index (χ0v) is 11.9. The zero-order chi connectivity index (χ0) is 13.7. The van der Waals surface area contributed by atoms with Crippen LogP contribution in [-0.4, -0.2) is 36.1 Å². The van der Waals surface area contributed by atoms with Gasteiger partial charge in [-0.05, 0) is 34.4 Å². The lowest BCUT2D eigenvalue weighted by atomic mass is 10.1. The first kappa shape index (κ1) is 14.7. The number of unbranched alkanes of at least 4 members (excludes halogenated alkanes) is 1. The van der Waals surface area contributed by atoms with Crippen molar-refractivity contribution in [3.8, 4) is 0 Å². The normalized spacial score (nSPS) is 12.8. The monoisotopic (exact) mass is 253 g/mol. The molecule has 18 heavy (non-hydrogen) atoms. The highest BCUT2D eigenvalue weighted by molar-refractivity contribution is 5.94. The highest BCUT2D eigenvalue weighted by Crippen LogP contribution is 2.18. The van der Waals surface area contributed by atoms with Gasteiger partial charge in [0.15, 0.2) is 0 Å². The van der Waals surface area contributed by atoms with Gasteiger partial charge in [0.1, 0.15) is 0 Å². The van der Waals surface area contributed by atoms with Crippen molar-refractivity contribution in [2.45, 2.75) is 46.1 Å². The van der Waals surface area contributed by atoms with Crippen LogP contribution in [0.25, 0.3) is 0 Å². The summed E-state index contributed by atoms with van der Waals surface area (Å²) in [5.74, 6) is 0.425. The Kier molecular flexibility index (Phi) is 5.34. The number of likely N-dealkylation sites (N-methyl/N-ethyl adjacent to an activating group) is 1.